The van der Waals surface area contributed by atoms with Gasteiger partial charge in [-0.1, -0.05) is 0 Å². The highest BCUT2D eigenvalue weighted by Crippen LogP contribution is 1.95. The summed E-state index contributed by atoms with van der Waals surface area (Å²) in [4.78, 5) is 24.3. The molecule has 0 radical (unpaired) electrons. The Morgan fingerprint density at radius 1 is 1.50 bits per heavy atom. The molecular weight excluding hydrogens is 210 g/mol. The van der Waals surface area contributed by atoms with E-state index >= 15 is 0 Å². The predicted octanol–water partition coefficient (Wildman–Crippen LogP) is -1.06. The zero-order valence-corrected chi connectivity index (χ0v) is 10.2. The van der Waals surface area contributed by atoms with Crippen molar-refractivity contribution in [2.45, 2.75) is 19.4 Å². The second-order valence-corrected chi connectivity index (χ2v) is 3.45. The van der Waals surface area contributed by atoms with Crippen LogP contribution in [-0.2, 0) is 14.3 Å². The van der Waals surface area contributed by atoms with Gasteiger partial charge in [0.05, 0.1) is 6.61 Å². The van der Waals surface area contributed by atoms with Crippen LogP contribution in [0, 0.1) is 0 Å². The van der Waals surface area contributed by atoms with Crippen molar-refractivity contribution in [1.29, 1.82) is 0 Å². The minimum Gasteiger partial charge on any atom is -0.464 e. The van der Waals surface area contributed by atoms with E-state index in [1.807, 2.05) is 7.05 Å². The van der Waals surface area contributed by atoms with Crippen LogP contribution >= 0.6 is 0 Å². The SMILES string of the molecule is CCOC(=O)C(N)C(=O)N(C)CCCNC. The third-order valence-corrected chi connectivity index (χ3v) is 2.10. The van der Waals surface area contributed by atoms with E-state index in [4.69, 9.17) is 5.73 Å². The van der Waals surface area contributed by atoms with Gasteiger partial charge in [0.2, 0.25) is 0 Å². The summed E-state index contributed by atoms with van der Waals surface area (Å²) in [6, 6.07) is -1.21. The van der Waals surface area contributed by atoms with Crippen molar-refractivity contribution in [2.24, 2.45) is 5.73 Å². The lowest BCUT2D eigenvalue weighted by molar-refractivity contribution is -0.150. The van der Waals surface area contributed by atoms with Crippen LogP contribution in [0.1, 0.15) is 13.3 Å². The first kappa shape index (κ1) is 14.9. The van der Waals surface area contributed by atoms with Gasteiger partial charge >= 0.3 is 5.97 Å². The van der Waals surface area contributed by atoms with Gasteiger partial charge < -0.3 is 20.7 Å². The first-order valence-corrected chi connectivity index (χ1v) is 5.36. The summed E-state index contributed by atoms with van der Waals surface area (Å²) < 4.78 is 4.68. The van der Waals surface area contributed by atoms with E-state index in [-0.39, 0.29) is 6.61 Å². The largest absolute Gasteiger partial charge is 0.464 e. The molecule has 0 aromatic carbocycles. The van der Waals surface area contributed by atoms with Crippen molar-refractivity contribution in [2.75, 3.05) is 33.8 Å². The topological polar surface area (TPSA) is 84.7 Å². The third kappa shape index (κ3) is 5.09. The molecule has 0 aromatic rings. The van der Waals surface area contributed by atoms with Gasteiger partial charge in [0.1, 0.15) is 0 Å². The molecule has 0 saturated heterocycles. The zero-order valence-electron chi connectivity index (χ0n) is 10.2. The first-order chi connectivity index (χ1) is 7.54. The molecule has 6 nitrogen and oxygen atoms in total. The number of nitrogens with one attached hydrogen (secondary N) is 1. The van der Waals surface area contributed by atoms with Crippen LogP contribution in [0.25, 0.3) is 0 Å². The molecule has 6 heteroatoms. The fourth-order valence-electron chi connectivity index (χ4n) is 1.17. The number of nitrogens with two attached hydrogens (primary N) is 1. The molecule has 1 amide bonds. The van der Waals surface area contributed by atoms with Gasteiger partial charge in [-0.3, -0.25) is 4.79 Å². The van der Waals surface area contributed by atoms with E-state index in [0.717, 1.165) is 13.0 Å². The van der Waals surface area contributed by atoms with E-state index in [0.29, 0.717) is 6.54 Å². The third-order valence-electron chi connectivity index (χ3n) is 2.10. The minimum atomic E-state index is -1.21. The Balaban J connectivity index is 4.05. The molecule has 0 heterocycles. The molecule has 0 aliphatic carbocycles. The Morgan fingerprint density at radius 3 is 2.62 bits per heavy atom. The van der Waals surface area contributed by atoms with Crippen molar-refractivity contribution in [1.82, 2.24) is 10.2 Å². The number of ether oxygens (including phenoxy) is 1. The summed E-state index contributed by atoms with van der Waals surface area (Å²) in [6.45, 7) is 3.27. The molecule has 0 saturated carbocycles. The Kier molecular flexibility index (Phi) is 7.49. The molecule has 16 heavy (non-hydrogen) atoms. The first-order valence-electron chi connectivity index (χ1n) is 5.36. The average molecular weight is 231 g/mol. The normalized spacial score (nSPS) is 12.0. The lowest BCUT2D eigenvalue weighted by atomic mass is 10.2. The lowest BCUT2D eigenvalue weighted by Crippen LogP contribution is -2.48. The molecule has 3 N–H and O–H groups in total. The lowest BCUT2D eigenvalue weighted by Gasteiger charge is -2.20. The smallest absolute Gasteiger partial charge is 0.332 e. The average Bonchev–Trinajstić information content (AvgIpc) is 2.27. The van der Waals surface area contributed by atoms with E-state index in [9.17, 15) is 9.59 Å². The van der Waals surface area contributed by atoms with Crippen molar-refractivity contribution in [3.8, 4) is 0 Å². The van der Waals surface area contributed by atoms with Crippen LogP contribution in [0.4, 0.5) is 0 Å². The van der Waals surface area contributed by atoms with Gasteiger partial charge in [-0.05, 0) is 26.9 Å². The van der Waals surface area contributed by atoms with Crippen molar-refractivity contribution >= 4 is 11.9 Å². The van der Waals surface area contributed by atoms with Crippen LogP contribution in [0.5, 0.6) is 0 Å². The van der Waals surface area contributed by atoms with E-state index in [1.165, 1.54) is 4.90 Å². The maximum absolute atomic E-state index is 11.6. The Hall–Kier alpha value is -1.14. The van der Waals surface area contributed by atoms with E-state index < -0.39 is 17.9 Å². The van der Waals surface area contributed by atoms with Crippen molar-refractivity contribution in [3.05, 3.63) is 0 Å². The van der Waals surface area contributed by atoms with Gasteiger partial charge in [0.15, 0.2) is 6.04 Å². The minimum absolute atomic E-state index is 0.225. The number of rotatable bonds is 7. The number of carbonyl (C=O) groups is 2. The molecular formula is C10H21N3O3. The van der Waals surface area contributed by atoms with Gasteiger partial charge in [-0.25, -0.2) is 4.79 Å². The molecule has 0 rings (SSSR count). The highest BCUT2D eigenvalue weighted by molar-refractivity contribution is 6.01. The maximum atomic E-state index is 11.6. The number of hydrogen-bond acceptors (Lipinski definition) is 5. The molecule has 94 valence electrons. The van der Waals surface area contributed by atoms with E-state index in [1.54, 1.807) is 14.0 Å². The van der Waals surface area contributed by atoms with Gasteiger partial charge in [-0.15, -0.1) is 0 Å². The summed E-state index contributed by atoms with van der Waals surface area (Å²) in [7, 11) is 3.46. The fourth-order valence-corrected chi connectivity index (χ4v) is 1.17. The molecule has 1 unspecified atom stereocenters. The van der Waals surface area contributed by atoms with Crippen LogP contribution in [0.3, 0.4) is 0 Å². The van der Waals surface area contributed by atoms with Gasteiger partial charge in [-0.2, -0.15) is 0 Å². The molecule has 0 spiro atoms. The molecule has 0 aromatic heterocycles. The molecule has 1 atom stereocenters. The Labute approximate surface area is 96.1 Å². The van der Waals surface area contributed by atoms with Crippen molar-refractivity contribution < 1.29 is 14.3 Å². The number of likely N-dealkylation sites (N-methyl/N-ethyl adjacent to an activating group) is 1. The zero-order chi connectivity index (χ0) is 12.6. The quantitative estimate of drug-likeness (QED) is 0.331. The summed E-state index contributed by atoms with van der Waals surface area (Å²) in [6.07, 6.45) is 0.814. The number of amides is 1. The Morgan fingerprint density at radius 2 is 2.12 bits per heavy atom. The summed E-state index contributed by atoms with van der Waals surface area (Å²) in [5.41, 5.74) is 5.47. The molecule has 0 fully saturated rings. The maximum Gasteiger partial charge on any atom is 0.332 e. The number of nitrogens with zero attached hydrogens (tertiary/aromatic N) is 1. The van der Waals surface area contributed by atoms with Crippen LogP contribution in [-0.4, -0.2) is 56.6 Å². The highest BCUT2D eigenvalue weighted by Gasteiger charge is 2.25. The predicted molar refractivity (Wildman–Crippen MR) is 60.8 cm³/mol. The number of esters is 1. The number of carbonyl (C=O) groups excluding carboxylic acids is 2. The Bertz CT molecular complexity index is 233. The van der Waals surface area contributed by atoms with E-state index in [2.05, 4.69) is 10.1 Å². The number of hydrogen-bond donors (Lipinski definition) is 2. The van der Waals surface area contributed by atoms with Crippen LogP contribution in [0.2, 0.25) is 0 Å². The standard InChI is InChI=1S/C10H21N3O3/c1-4-16-10(15)8(11)9(14)13(3)7-5-6-12-2/h8,12H,4-7,11H2,1-3H3. The highest BCUT2D eigenvalue weighted by atomic mass is 16.5. The molecule has 0 aliphatic rings. The molecule has 0 bridgehead atoms. The van der Waals surface area contributed by atoms with Crippen LogP contribution < -0.4 is 11.1 Å². The van der Waals surface area contributed by atoms with Crippen LogP contribution in [0.15, 0.2) is 0 Å². The summed E-state index contributed by atoms with van der Waals surface area (Å²) in [5, 5.41) is 2.97. The monoisotopic (exact) mass is 231 g/mol. The van der Waals surface area contributed by atoms with Gasteiger partial charge in [0, 0.05) is 13.6 Å². The van der Waals surface area contributed by atoms with Crippen molar-refractivity contribution in [3.63, 3.8) is 0 Å². The van der Waals surface area contributed by atoms with Gasteiger partial charge in [0.25, 0.3) is 5.91 Å². The molecule has 0 aliphatic heterocycles. The summed E-state index contributed by atoms with van der Waals surface area (Å²) >= 11 is 0. The summed E-state index contributed by atoms with van der Waals surface area (Å²) in [5.74, 6) is -1.08. The second-order valence-electron chi connectivity index (χ2n) is 3.45. The second kappa shape index (κ2) is 8.06. The fraction of sp³-hybridized carbons (Fsp3) is 0.800.